The maximum absolute atomic E-state index is 5.91. The Labute approximate surface area is 79.6 Å². The van der Waals surface area contributed by atoms with Crippen molar-refractivity contribution >= 4 is 11.6 Å². The van der Waals surface area contributed by atoms with Crippen LogP contribution in [0.1, 0.15) is 30.4 Å². The van der Waals surface area contributed by atoms with Crippen LogP contribution in [0.15, 0.2) is 18.2 Å². The molecule has 0 spiro atoms. The first-order valence-electron chi connectivity index (χ1n) is 4.24. The SMILES string of the molecule is [CH2]C(CC)c1ccc(Cl)c(C)c1. The predicted molar refractivity (Wildman–Crippen MR) is 54.6 cm³/mol. The maximum atomic E-state index is 5.91. The second-order valence-electron chi connectivity index (χ2n) is 3.11. The Balaban J connectivity index is 2.96. The molecule has 1 radical (unpaired) electrons. The molecule has 0 saturated carbocycles. The van der Waals surface area contributed by atoms with Gasteiger partial charge in [0, 0.05) is 5.02 Å². The average molecular weight is 182 g/mol. The van der Waals surface area contributed by atoms with Crippen LogP contribution in [0.5, 0.6) is 0 Å². The zero-order valence-corrected chi connectivity index (χ0v) is 8.36. The van der Waals surface area contributed by atoms with Crippen LogP contribution in [0.4, 0.5) is 0 Å². The van der Waals surface area contributed by atoms with E-state index >= 15 is 0 Å². The highest BCUT2D eigenvalue weighted by molar-refractivity contribution is 6.31. The third kappa shape index (κ3) is 2.01. The average Bonchev–Trinajstić information content (AvgIpc) is 2.08. The molecule has 0 aliphatic heterocycles. The van der Waals surface area contributed by atoms with Gasteiger partial charge in [0.25, 0.3) is 0 Å². The first-order valence-corrected chi connectivity index (χ1v) is 4.62. The van der Waals surface area contributed by atoms with Crippen molar-refractivity contribution in [1.82, 2.24) is 0 Å². The van der Waals surface area contributed by atoms with Crippen LogP contribution in [0, 0.1) is 13.8 Å². The van der Waals surface area contributed by atoms with Crippen molar-refractivity contribution in [3.8, 4) is 0 Å². The lowest BCUT2D eigenvalue weighted by Gasteiger charge is -2.09. The summed E-state index contributed by atoms with van der Waals surface area (Å²) in [5.74, 6) is 0.390. The van der Waals surface area contributed by atoms with Crippen molar-refractivity contribution in [3.05, 3.63) is 41.3 Å². The van der Waals surface area contributed by atoms with Crippen LogP contribution in [-0.4, -0.2) is 0 Å². The second kappa shape index (κ2) is 3.95. The number of rotatable bonds is 2. The van der Waals surface area contributed by atoms with Gasteiger partial charge < -0.3 is 0 Å². The zero-order chi connectivity index (χ0) is 9.14. The van der Waals surface area contributed by atoms with Crippen LogP contribution in [0.3, 0.4) is 0 Å². The van der Waals surface area contributed by atoms with Crippen molar-refractivity contribution in [2.75, 3.05) is 0 Å². The third-order valence-corrected chi connectivity index (χ3v) is 2.57. The van der Waals surface area contributed by atoms with Gasteiger partial charge in [0.2, 0.25) is 0 Å². The molecule has 0 aliphatic rings. The van der Waals surface area contributed by atoms with Crippen molar-refractivity contribution in [2.45, 2.75) is 26.2 Å². The number of hydrogen-bond donors (Lipinski definition) is 0. The molecule has 1 unspecified atom stereocenters. The smallest absolute Gasteiger partial charge is 0.0435 e. The second-order valence-corrected chi connectivity index (χ2v) is 3.52. The fourth-order valence-corrected chi connectivity index (χ4v) is 1.28. The highest BCUT2D eigenvalue weighted by Gasteiger charge is 2.03. The lowest BCUT2D eigenvalue weighted by Crippen LogP contribution is -1.91. The largest absolute Gasteiger partial charge is 0.0841 e. The molecule has 0 fully saturated rings. The summed E-state index contributed by atoms with van der Waals surface area (Å²) < 4.78 is 0. The van der Waals surface area contributed by atoms with Crippen molar-refractivity contribution < 1.29 is 0 Å². The quantitative estimate of drug-likeness (QED) is 0.648. The Bertz CT molecular complexity index is 266. The summed E-state index contributed by atoms with van der Waals surface area (Å²) >= 11 is 5.91. The molecule has 0 saturated heterocycles. The number of halogens is 1. The van der Waals surface area contributed by atoms with Gasteiger partial charge in [0.1, 0.15) is 0 Å². The van der Waals surface area contributed by atoms with Gasteiger partial charge >= 0.3 is 0 Å². The fourth-order valence-electron chi connectivity index (χ4n) is 1.16. The number of benzene rings is 1. The van der Waals surface area contributed by atoms with E-state index in [-0.39, 0.29) is 0 Å². The lowest BCUT2D eigenvalue weighted by atomic mass is 9.97. The van der Waals surface area contributed by atoms with E-state index in [1.807, 2.05) is 13.0 Å². The molecule has 0 amide bonds. The van der Waals surface area contributed by atoms with Gasteiger partial charge in [0.15, 0.2) is 0 Å². The van der Waals surface area contributed by atoms with Crippen LogP contribution in [0.2, 0.25) is 5.02 Å². The van der Waals surface area contributed by atoms with Gasteiger partial charge in [0.05, 0.1) is 0 Å². The van der Waals surface area contributed by atoms with Gasteiger partial charge in [-0.2, -0.15) is 0 Å². The highest BCUT2D eigenvalue weighted by atomic mass is 35.5. The summed E-state index contributed by atoms with van der Waals surface area (Å²) in [5.41, 5.74) is 2.41. The van der Waals surface area contributed by atoms with E-state index in [9.17, 15) is 0 Å². The normalized spacial score (nSPS) is 13.0. The number of aryl methyl sites for hydroxylation is 1. The number of hydrogen-bond acceptors (Lipinski definition) is 0. The molecular formula is C11H14Cl. The van der Waals surface area contributed by atoms with E-state index in [4.69, 9.17) is 11.6 Å². The summed E-state index contributed by atoms with van der Waals surface area (Å²) in [7, 11) is 0. The molecular weight excluding hydrogens is 168 g/mol. The minimum absolute atomic E-state index is 0.390. The Kier molecular flexibility index (Phi) is 3.16. The predicted octanol–water partition coefficient (Wildman–Crippen LogP) is 3.98. The van der Waals surface area contributed by atoms with E-state index in [1.54, 1.807) is 0 Å². The van der Waals surface area contributed by atoms with Crippen LogP contribution in [-0.2, 0) is 0 Å². The molecule has 1 atom stereocenters. The molecule has 65 valence electrons. The first-order chi connectivity index (χ1) is 5.65. The molecule has 1 aromatic rings. The van der Waals surface area contributed by atoms with E-state index in [1.165, 1.54) is 5.56 Å². The Morgan fingerprint density at radius 2 is 2.17 bits per heavy atom. The lowest BCUT2D eigenvalue weighted by molar-refractivity contribution is 0.801. The summed E-state index contributed by atoms with van der Waals surface area (Å²) in [4.78, 5) is 0. The molecule has 1 heteroatoms. The van der Waals surface area contributed by atoms with Crippen molar-refractivity contribution in [3.63, 3.8) is 0 Å². The molecule has 0 aliphatic carbocycles. The molecule has 0 bridgehead atoms. The molecule has 0 heterocycles. The van der Waals surface area contributed by atoms with E-state index in [0.29, 0.717) is 5.92 Å². The monoisotopic (exact) mass is 181 g/mol. The van der Waals surface area contributed by atoms with Gasteiger partial charge in [-0.3, -0.25) is 0 Å². The molecule has 0 aromatic heterocycles. The molecule has 0 N–H and O–H groups in total. The topological polar surface area (TPSA) is 0 Å². The summed E-state index contributed by atoms with van der Waals surface area (Å²) in [6.45, 7) is 8.22. The van der Waals surface area contributed by atoms with E-state index in [2.05, 4.69) is 26.0 Å². The van der Waals surface area contributed by atoms with Gasteiger partial charge in [-0.05, 0) is 43.4 Å². The van der Waals surface area contributed by atoms with E-state index < -0.39 is 0 Å². The highest BCUT2D eigenvalue weighted by Crippen LogP contribution is 2.23. The standard InChI is InChI=1S/C11H14Cl/c1-4-8(2)10-5-6-11(12)9(3)7-10/h5-8H,2,4H2,1,3H3. The van der Waals surface area contributed by atoms with Crippen LogP contribution < -0.4 is 0 Å². The van der Waals surface area contributed by atoms with Crippen molar-refractivity contribution in [2.24, 2.45) is 0 Å². The van der Waals surface area contributed by atoms with Crippen LogP contribution >= 0.6 is 11.6 Å². The summed E-state index contributed by atoms with van der Waals surface area (Å²) in [6, 6.07) is 6.11. The first kappa shape index (κ1) is 9.60. The third-order valence-electron chi connectivity index (χ3n) is 2.15. The van der Waals surface area contributed by atoms with Crippen molar-refractivity contribution in [1.29, 1.82) is 0 Å². The Morgan fingerprint density at radius 1 is 1.50 bits per heavy atom. The Morgan fingerprint density at radius 3 is 2.67 bits per heavy atom. The molecule has 1 rings (SSSR count). The zero-order valence-electron chi connectivity index (χ0n) is 7.60. The Hall–Kier alpha value is -0.490. The molecule has 1 aromatic carbocycles. The molecule has 0 nitrogen and oxygen atoms in total. The summed E-state index contributed by atoms with van der Waals surface area (Å²) in [6.07, 6.45) is 1.07. The van der Waals surface area contributed by atoms with Gasteiger partial charge in [-0.1, -0.05) is 30.7 Å². The molecule has 12 heavy (non-hydrogen) atoms. The van der Waals surface area contributed by atoms with Gasteiger partial charge in [-0.15, -0.1) is 0 Å². The minimum Gasteiger partial charge on any atom is -0.0841 e. The fraction of sp³-hybridized carbons (Fsp3) is 0.364. The van der Waals surface area contributed by atoms with E-state index in [0.717, 1.165) is 17.0 Å². The maximum Gasteiger partial charge on any atom is 0.0435 e. The van der Waals surface area contributed by atoms with Gasteiger partial charge in [-0.25, -0.2) is 0 Å². The van der Waals surface area contributed by atoms with Crippen LogP contribution in [0.25, 0.3) is 0 Å². The minimum atomic E-state index is 0.390. The summed E-state index contributed by atoms with van der Waals surface area (Å²) in [5, 5.41) is 0.835.